The fourth-order valence-corrected chi connectivity index (χ4v) is 2.36. The Morgan fingerprint density at radius 3 is 2.53 bits per heavy atom. The van der Waals surface area contributed by atoms with Crippen molar-refractivity contribution in [2.75, 3.05) is 6.61 Å². The molecule has 0 fully saturated rings. The molecule has 2 rings (SSSR count). The molecular weight excluding hydrogens is 214 g/mol. The summed E-state index contributed by atoms with van der Waals surface area (Å²) in [6, 6.07) is 7.80. The summed E-state index contributed by atoms with van der Waals surface area (Å²) in [5.74, 6) is 2.12. The Morgan fingerprint density at radius 1 is 1.24 bits per heavy atom. The van der Waals surface area contributed by atoms with Crippen LogP contribution < -0.4 is 15.2 Å². The van der Waals surface area contributed by atoms with Gasteiger partial charge in [-0.05, 0) is 18.1 Å². The van der Waals surface area contributed by atoms with Crippen molar-refractivity contribution in [1.82, 2.24) is 0 Å². The summed E-state index contributed by atoms with van der Waals surface area (Å²) in [5.41, 5.74) is 6.27. The molecule has 3 heteroatoms. The zero-order valence-corrected chi connectivity index (χ0v) is 10.6. The molecule has 1 aromatic carbocycles. The molecule has 0 spiro atoms. The molecule has 3 nitrogen and oxygen atoms in total. The maximum Gasteiger partial charge on any atom is 0.161 e. The Labute approximate surface area is 103 Å². The Bertz CT molecular complexity index is 363. The van der Waals surface area contributed by atoms with Gasteiger partial charge in [0.25, 0.3) is 0 Å². The number of rotatable bonds is 4. The van der Waals surface area contributed by atoms with Crippen LogP contribution in [0.4, 0.5) is 0 Å². The standard InChI is InChI=1S/C14H21NO2/c1-3-10(4-2)14(15)13-9-16-11-7-5-6-8-12(11)17-13/h5-8,10,13-14H,3-4,9,15H2,1-2H3. The van der Waals surface area contributed by atoms with Crippen LogP contribution in [-0.4, -0.2) is 18.8 Å². The summed E-state index contributed by atoms with van der Waals surface area (Å²) < 4.78 is 11.6. The van der Waals surface area contributed by atoms with Crippen LogP contribution in [0.3, 0.4) is 0 Å². The molecule has 0 aliphatic carbocycles. The SMILES string of the molecule is CCC(CC)C(N)C1COc2ccccc2O1. The van der Waals surface area contributed by atoms with E-state index in [9.17, 15) is 0 Å². The lowest BCUT2D eigenvalue weighted by Crippen LogP contribution is -2.48. The van der Waals surface area contributed by atoms with Crippen LogP contribution in [0, 0.1) is 5.92 Å². The molecule has 2 unspecified atom stereocenters. The van der Waals surface area contributed by atoms with Crippen molar-refractivity contribution in [3.8, 4) is 11.5 Å². The average Bonchev–Trinajstić information content (AvgIpc) is 2.39. The van der Waals surface area contributed by atoms with Gasteiger partial charge in [0.2, 0.25) is 0 Å². The maximum absolute atomic E-state index is 6.27. The minimum Gasteiger partial charge on any atom is -0.486 e. The molecule has 1 aliphatic rings. The lowest BCUT2D eigenvalue weighted by molar-refractivity contribution is 0.0547. The van der Waals surface area contributed by atoms with Gasteiger partial charge in [0, 0.05) is 6.04 Å². The second-order valence-corrected chi connectivity index (χ2v) is 4.57. The quantitative estimate of drug-likeness (QED) is 0.872. The van der Waals surface area contributed by atoms with E-state index >= 15 is 0 Å². The number of hydrogen-bond acceptors (Lipinski definition) is 3. The van der Waals surface area contributed by atoms with E-state index in [4.69, 9.17) is 15.2 Å². The van der Waals surface area contributed by atoms with Crippen molar-refractivity contribution in [3.05, 3.63) is 24.3 Å². The van der Waals surface area contributed by atoms with Crippen molar-refractivity contribution < 1.29 is 9.47 Å². The third kappa shape index (κ3) is 2.55. The van der Waals surface area contributed by atoms with Crippen LogP contribution in [0.5, 0.6) is 11.5 Å². The number of ether oxygens (including phenoxy) is 2. The van der Waals surface area contributed by atoms with Gasteiger partial charge in [0.1, 0.15) is 12.7 Å². The van der Waals surface area contributed by atoms with E-state index in [0.29, 0.717) is 12.5 Å². The first-order chi connectivity index (χ1) is 8.26. The van der Waals surface area contributed by atoms with E-state index in [0.717, 1.165) is 24.3 Å². The molecule has 0 aromatic heterocycles. The fourth-order valence-electron chi connectivity index (χ4n) is 2.36. The van der Waals surface area contributed by atoms with Gasteiger partial charge >= 0.3 is 0 Å². The lowest BCUT2D eigenvalue weighted by Gasteiger charge is -2.33. The van der Waals surface area contributed by atoms with Crippen molar-refractivity contribution in [1.29, 1.82) is 0 Å². The molecule has 2 atom stereocenters. The fraction of sp³-hybridized carbons (Fsp3) is 0.571. The van der Waals surface area contributed by atoms with Gasteiger partial charge in [-0.2, -0.15) is 0 Å². The lowest BCUT2D eigenvalue weighted by atomic mass is 9.91. The summed E-state index contributed by atoms with van der Waals surface area (Å²) >= 11 is 0. The first-order valence-electron chi connectivity index (χ1n) is 6.40. The zero-order valence-electron chi connectivity index (χ0n) is 10.6. The van der Waals surface area contributed by atoms with Crippen LogP contribution in [0.25, 0.3) is 0 Å². The number of para-hydroxylation sites is 2. The predicted molar refractivity (Wildman–Crippen MR) is 68.4 cm³/mol. The molecule has 2 N–H and O–H groups in total. The van der Waals surface area contributed by atoms with Crippen molar-refractivity contribution in [3.63, 3.8) is 0 Å². The smallest absolute Gasteiger partial charge is 0.161 e. The van der Waals surface area contributed by atoms with E-state index in [-0.39, 0.29) is 12.1 Å². The Morgan fingerprint density at radius 2 is 1.88 bits per heavy atom. The van der Waals surface area contributed by atoms with Crippen LogP contribution in [0.15, 0.2) is 24.3 Å². The van der Waals surface area contributed by atoms with E-state index < -0.39 is 0 Å². The molecular formula is C14H21NO2. The number of fused-ring (bicyclic) bond motifs is 1. The highest BCUT2D eigenvalue weighted by molar-refractivity contribution is 5.40. The Hall–Kier alpha value is -1.22. The van der Waals surface area contributed by atoms with Crippen LogP contribution in [0.2, 0.25) is 0 Å². The van der Waals surface area contributed by atoms with E-state index in [1.54, 1.807) is 0 Å². The summed E-state index contributed by atoms with van der Waals surface area (Å²) in [6.07, 6.45) is 2.13. The maximum atomic E-state index is 6.27. The Balaban J connectivity index is 2.07. The number of nitrogens with two attached hydrogens (primary N) is 1. The van der Waals surface area contributed by atoms with Crippen molar-refractivity contribution in [2.24, 2.45) is 11.7 Å². The highest BCUT2D eigenvalue weighted by Gasteiger charge is 2.30. The monoisotopic (exact) mass is 235 g/mol. The normalized spacial score (nSPS) is 20.4. The van der Waals surface area contributed by atoms with Crippen LogP contribution in [-0.2, 0) is 0 Å². The third-order valence-corrected chi connectivity index (χ3v) is 3.55. The highest BCUT2D eigenvalue weighted by atomic mass is 16.6. The largest absolute Gasteiger partial charge is 0.486 e. The van der Waals surface area contributed by atoms with E-state index in [1.165, 1.54) is 0 Å². The van der Waals surface area contributed by atoms with Gasteiger partial charge < -0.3 is 15.2 Å². The van der Waals surface area contributed by atoms with Crippen LogP contribution >= 0.6 is 0 Å². The van der Waals surface area contributed by atoms with Gasteiger partial charge in [-0.15, -0.1) is 0 Å². The molecule has 1 heterocycles. The second-order valence-electron chi connectivity index (χ2n) is 4.57. The Kier molecular flexibility index (Phi) is 3.89. The summed E-state index contributed by atoms with van der Waals surface area (Å²) in [5, 5.41) is 0. The molecule has 1 aliphatic heterocycles. The summed E-state index contributed by atoms with van der Waals surface area (Å²) in [6.45, 7) is 4.89. The highest BCUT2D eigenvalue weighted by Crippen LogP contribution is 2.32. The zero-order chi connectivity index (χ0) is 12.3. The van der Waals surface area contributed by atoms with E-state index in [2.05, 4.69) is 13.8 Å². The first kappa shape index (κ1) is 12.2. The molecule has 0 bridgehead atoms. The van der Waals surface area contributed by atoms with Gasteiger partial charge in [-0.3, -0.25) is 0 Å². The molecule has 0 saturated carbocycles. The van der Waals surface area contributed by atoms with Crippen LogP contribution in [0.1, 0.15) is 26.7 Å². The molecule has 0 saturated heterocycles. The second kappa shape index (κ2) is 5.41. The minimum absolute atomic E-state index is 0.0326. The molecule has 17 heavy (non-hydrogen) atoms. The summed E-state index contributed by atoms with van der Waals surface area (Å²) in [4.78, 5) is 0. The number of benzene rings is 1. The van der Waals surface area contributed by atoms with E-state index in [1.807, 2.05) is 24.3 Å². The summed E-state index contributed by atoms with van der Waals surface area (Å²) in [7, 11) is 0. The van der Waals surface area contributed by atoms with Gasteiger partial charge in [0.05, 0.1) is 0 Å². The van der Waals surface area contributed by atoms with Crippen molar-refractivity contribution >= 4 is 0 Å². The van der Waals surface area contributed by atoms with Gasteiger partial charge in [0.15, 0.2) is 11.5 Å². The van der Waals surface area contributed by atoms with Gasteiger partial charge in [-0.1, -0.05) is 38.8 Å². The average molecular weight is 235 g/mol. The molecule has 94 valence electrons. The number of hydrogen-bond donors (Lipinski definition) is 1. The molecule has 0 radical (unpaired) electrons. The van der Waals surface area contributed by atoms with Crippen molar-refractivity contribution in [2.45, 2.75) is 38.8 Å². The van der Waals surface area contributed by atoms with Gasteiger partial charge in [-0.25, -0.2) is 0 Å². The first-order valence-corrected chi connectivity index (χ1v) is 6.40. The topological polar surface area (TPSA) is 44.5 Å². The minimum atomic E-state index is -0.0326. The third-order valence-electron chi connectivity index (χ3n) is 3.55. The molecule has 0 amide bonds. The molecule has 1 aromatic rings. The predicted octanol–water partition coefficient (Wildman–Crippen LogP) is 2.59.